The smallest absolute Gasteiger partial charge is 0.310 e. The van der Waals surface area contributed by atoms with Gasteiger partial charge in [-0.2, -0.15) is 0 Å². The van der Waals surface area contributed by atoms with Crippen LogP contribution in [0, 0.1) is 0 Å². The van der Waals surface area contributed by atoms with Crippen LogP contribution in [0.15, 0.2) is 18.2 Å². The Hall–Kier alpha value is -1.84. The zero-order valence-corrected chi connectivity index (χ0v) is 11.0. The highest BCUT2D eigenvalue weighted by Gasteiger charge is 2.18. The molecule has 18 heavy (non-hydrogen) atoms. The van der Waals surface area contributed by atoms with Gasteiger partial charge in [0, 0.05) is 13.5 Å². The molecule has 1 unspecified atom stereocenters. The van der Waals surface area contributed by atoms with Crippen LogP contribution in [0.5, 0.6) is 0 Å². The number of aliphatic carboxylic acids is 1. The topological polar surface area (TPSA) is 55.1 Å². The van der Waals surface area contributed by atoms with Crippen LogP contribution in [0.4, 0.5) is 0 Å². The first-order valence-corrected chi connectivity index (χ1v) is 6.26. The SMILES string of the molecule is CCc1nc2cc(C(CC)C(=O)O)ccc2n1C. The largest absolute Gasteiger partial charge is 0.481 e. The van der Waals surface area contributed by atoms with E-state index < -0.39 is 11.9 Å². The molecule has 0 aliphatic rings. The summed E-state index contributed by atoms with van der Waals surface area (Å²) in [6.45, 7) is 3.95. The molecule has 0 saturated heterocycles. The molecular formula is C14H18N2O2. The van der Waals surface area contributed by atoms with Crippen molar-refractivity contribution in [3.63, 3.8) is 0 Å². The minimum atomic E-state index is -0.775. The number of aryl methyl sites for hydroxylation is 2. The van der Waals surface area contributed by atoms with E-state index in [4.69, 9.17) is 0 Å². The van der Waals surface area contributed by atoms with Crippen LogP contribution in [-0.2, 0) is 18.3 Å². The van der Waals surface area contributed by atoms with Crippen molar-refractivity contribution in [2.45, 2.75) is 32.6 Å². The molecule has 2 aromatic rings. The van der Waals surface area contributed by atoms with E-state index in [1.807, 2.05) is 32.2 Å². The highest BCUT2D eigenvalue weighted by Crippen LogP contribution is 2.24. The fraction of sp³-hybridized carbons (Fsp3) is 0.429. The molecule has 1 heterocycles. The molecule has 4 heteroatoms. The maximum atomic E-state index is 11.2. The second kappa shape index (κ2) is 4.80. The Morgan fingerprint density at radius 3 is 2.72 bits per heavy atom. The predicted molar refractivity (Wildman–Crippen MR) is 70.8 cm³/mol. The van der Waals surface area contributed by atoms with E-state index in [0.717, 1.165) is 28.8 Å². The molecule has 96 valence electrons. The summed E-state index contributed by atoms with van der Waals surface area (Å²) in [7, 11) is 1.99. The van der Waals surface area contributed by atoms with Gasteiger partial charge in [-0.3, -0.25) is 4.79 Å². The van der Waals surface area contributed by atoms with E-state index in [0.29, 0.717) is 6.42 Å². The van der Waals surface area contributed by atoms with Gasteiger partial charge in [0.25, 0.3) is 0 Å². The van der Waals surface area contributed by atoms with E-state index in [9.17, 15) is 9.90 Å². The van der Waals surface area contributed by atoms with Crippen LogP contribution >= 0.6 is 0 Å². The average molecular weight is 246 g/mol. The van der Waals surface area contributed by atoms with Crippen LogP contribution in [0.3, 0.4) is 0 Å². The molecule has 0 aliphatic carbocycles. The zero-order chi connectivity index (χ0) is 13.3. The summed E-state index contributed by atoms with van der Waals surface area (Å²) in [4.78, 5) is 15.7. The molecule has 0 aliphatic heterocycles. The van der Waals surface area contributed by atoms with Crippen LogP contribution < -0.4 is 0 Å². The van der Waals surface area contributed by atoms with E-state index in [1.165, 1.54) is 0 Å². The van der Waals surface area contributed by atoms with Crippen molar-refractivity contribution >= 4 is 17.0 Å². The molecule has 2 rings (SSSR count). The first-order chi connectivity index (χ1) is 8.58. The third-order valence-corrected chi connectivity index (χ3v) is 3.42. The van der Waals surface area contributed by atoms with E-state index in [2.05, 4.69) is 16.5 Å². The molecule has 1 aromatic carbocycles. The minimum Gasteiger partial charge on any atom is -0.481 e. The van der Waals surface area contributed by atoms with Gasteiger partial charge in [-0.05, 0) is 24.1 Å². The van der Waals surface area contributed by atoms with Crippen molar-refractivity contribution in [2.75, 3.05) is 0 Å². The molecule has 0 amide bonds. The van der Waals surface area contributed by atoms with Crippen LogP contribution in [-0.4, -0.2) is 20.6 Å². The molecule has 1 N–H and O–H groups in total. The molecule has 0 spiro atoms. The Bertz CT molecular complexity index is 587. The second-order valence-corrected chi connectivity index (χ2v) is 4.49. The van der Waals surface area contributed by atoms with Crippen molar-refractivity contribution in [1.29, 1.82) is 0 Å². The Morgan fingerprint density at radius 2 is 2.17 bits per heavy atom. The number of nitrogens with zero attached hydrogens (tertiary/aromatic N) is 2. The van der Waals surface area contributed by atoms with Gasteiger partial charge in [-0.15, -0.1) is 0 Å². The lowest BCUT2D eigenvalue weighted by Crippen LogP contribution is -2.10. The van der Waals surface area contributed by atoms with Crippen molar-refractivity contribution < 1.29 is 9.90 Å². The number of imidazole rings is 1. The molecule has 0 fully saturated rings. The number of carboxylic acid groups (broad SMARTS) is 1. The highest BCUT2D eigenvalue weighted by atomic mass is 16.4. The maximum absolute atomic E-state index is 11.2. The highest BCUT2D eigenvalue weighted by molar-refractivity contribution is 5.81. The fourth-order valence-corrected chi connectivity index (χ4v) is 2.35. The Kier molecular flexibility index (Phi) is 3.36. The van der Waals surface area contributed by atoms with Crippen molar-refractivity contribution in [3.05, 3.63) is 29.6 Å². The van der Waals surface area contributed by atoms with Gasteiger partial charge in [0.2, 0.25) is 0 Å². The Labute approximate surface area is 106 Å². The van der Waals surface area contributed by atoms with Crippen LogP contribution in [0.2, 0.25) is 0 Å². The third kappa shape index (κ3) is 1.98. The second-order valence-electron chi connectivity index (χ2n) is 4.49. The number of carboxylic acids is 1. The molecule has 1 atom stereocenters. The number of aromatic nitrogens is 2. The Balaban J connectivity index is 2.53. The number of carbonyl (C=O) groups is 1. The van der Waals surface area contributed by atoms with Gasteiger partial charge >= 0.3 is 5.97 Å². The molecular weight excluding hydrogens is 228 g/mol. The molecule has 1 aromatic heterocycles. The summed E-state index contributed by atoms with van der Waals surface area (Å²) in [5, 5.41) is 9.18. The third-order valence-electron chi connectivity index (χ3n) is 3.42. The molecule has 0 bridgehead atoms. The van der Waals surface area contributed by atoms with Crippen molar-refractivity contribution in [1.82, 2.24) is 9.55 Å². The lowest BCUT2D eigenvalue weighted by atomic mass is 9.96. The summed E-state index contributed by atoms with van der Waals surface area (Å²) in [5.74, 6) is -0.199. The summed E-state index contributed by atoms with van der Waals surface area (Å²) >= 11 is 0. The first kappa shape index (κ1) is 12.6. The summed E-state index contributed by atoms with van der Waals surface area (Å²) in [5.41, 5.74) is 2.76. The lowest BCUT2D eigenvalue weighted by Gasteiger charge is -2.09. The van der Waals surface area contributed by atoms with Gasteiger partial charge in [-0.25, -0.2) is 4.98 Å². The number of hydrogen-bond donors (Lipinski definition) is 1. The van der Waals surface area contributed by atoms with Gasteiger partial charge in [0.05, 0.1) is 17.0 Å². The van der Waals surface area contributed by atoms with Gasteiger partial charge in [0.1, 0.15) is 5.82 Å². The van der Waals surface area contributed by atoms with Gasteiger partial charge < -0.3 is 9.67 Å². The molecule has 4 nitrogen and oxygen atoms in total. The van der Waals surface area contributed by atoms with E-state index in [-0.39, 0.29) is 0 Å². The average Bonchev–Trinajstić information content (AvgIpc) is 2.66. The number of benzene rings is 1. The van der Waals surface area contributed by atoms with Crippen LogP contribution in [0.1, 0.15) is 37.6 Å². The fourth-order valence-electron chi connectivity index (χ4n) is 2.35. The Morgan fingerprint density at radius 1 is 1.44 bits per heavy atom. The zero-order valence-electron chi connectivity index (χ0n) is 11.0. The van der Waals surface area contributed by atoms with E-state index >= 15 is 0 Å². The summed E-state index contributed by atoms with van der Waals surface area (Å²) < 4.78 is 2.06. The van der Waals surface area contributed by atoms with Crippen molar-refractivity contribution in [3.8, 4) is 0 Å². The minimum absolute atomic E-state index is 0.443. The number of hydrogen-bond acceptors (Lipinski definition) is 2. The summed E-state index contributed by atoms with van der Waals surface area (Å²) in [6, 6.07) is 5.75. The quantitative estimate of drug-likeness (QED) is 0.902. The van der Waals surface area contributed by atoms with Crippen molar-refractivity contribution in [2.24, 2.45) is 7.05 Å². The monoisotopic (exact) mass is 246 g/mol. The number of rotatable bonds is 4. The normalized spacial score (nSPS) is 12.8. The standard InChI is InChI=1S/C14H18N2O2/c1-4-10(14(17)18)9-6-7-12-11(8-9)15-13(5-2)16(12)3/h6-8,10H,4-5H2,1-3H3,(H,17,18). The predicted octanol–water partition coefficient (Wildman–Crippen LogP) is 2.71. The van der Waals surface area contributed by atoms with Gasteiger partial charge in [-0.1, -0.05) is 19.9 Å². The summed E-state index contributed by atoms with van der Waals surface area (Å²) in [6.07, 6.45) is 1.46. The van der Waals surface area contributed by atoms with Crippen LogP contribution in [0.25, 0.3) is 11.0 Å². The number of fused-ring (bicyclic) bond motifs is 1. The molecule has 0 saturated carbocycles. The van der Waals surface area contributed by atoms with E-state index in [1.54, 1.807) is 0 Å². The lowest BCUT2D eigenvalue weighted by molar-refractivity contribution is -0.138. The van der Waals surface area contributed by atoms with Gasteiger partial charge in [0.15, 0.2) is 0 Å². The maximum Gasteiger partial charge on any atom is 0.310 e. The first-order valence-electron chi connectivity index (χ1n) is 6.26. The molecule has 0 radical (unpaired) electrons.